The number of hydrogen-bond acceptors (Lipinski definition) is 5. The van der Waals surface area contributed by atoms with Gasteiger partial charge in [-0.2, -0.15) is 12.6 Å². The van der Waals surface area contributed by atoms with E-state index in [1.165, 1.54) is 0 Å². The first-order valence-electron chi connectivity index (χ1n) is 4.67. The second-order valence-electron chi connectivity index (χ2n) is 3.38. The summed E-state index contributed by atoms with van der Waals surface area (Å²) < 4.78 is 0. The van der Waals surface area contributed by atoms with E-state index in [-0.39, 0.29) is 12.2 Å². The van der Waals surface area contributed by atoms with E-state index in [2.05, 4.69) is 17.6 Å². The fourth-order valence-corrected chi connectivity index (χ4v) is 1.40. The minimum atomic E-state index is -1.06. The molecule has 2 atom stereocenters. The minimum absolute atomic E-state index is 0.142. The van der Waals surface area contributed by atoms with Crippen LogP contribution in [0.1, 0.15) is 5.56 Å². The van der Waals surface area contributed by atoms with Crippen molar-refractivity contribution in [3.05, 3.63) is 30.1 Å². The van der Waals surface area contributed by atoms with Crippen molar-refractivity contribution in [3.63, 3.8) is 0 Å². The van der Waals surface area contributed by atoms with Gasteiger partial charge in [0.15, 0.2) is 5.78 Å². The van der Waals surface area contributed by atoms with Gasteiger partial charge in [0.05, 0.1) is 5.25 Å². The Balaban J connectivity index is 2.63. The third-order valence-electron chi connectivity index (χ3n) is 2.10. The van der Waals surface area contributed by atoms with Crippen molar-refractivity contribution in [2.75, 3.05) is 0 Å². The monoisotopic (exact) mass is 239 g/mol. The summed E-state index contributed by atoms with van der Waals surface area (Å²) in [6.07, 6.45) is 3.33. The number of nitrogens with two attached hydrogens (primary N) is 2. The van der Waals surface area contributed by atoms with Crippen molar-refractivity contribution < 1.29 is 9.59 Å². The normalized spacial score (nSPS) is 14.1. The summed E-state index contributed by atoms with van der Waals surface area (Å²) in [5, 5.41) is -0.877. The molecule has 0 saturated carbocycles. The number of pyridine rings is 1. The zero-order valence-corrected chi connectivity index (χ0v) is 9.43. The van der Waals surface area contributed by atoms with Gasteiger partial charge in [-0.15, -0.1) is 0 Å². The molecule has 0 aliphatic heterocycles. The highest BCUT2D eigenvalue weighted by atomic mass is 32.1. The van der Waals surface area contributed by atoms with Crippen LogP contribution in [-0.4, -0.2) is 28.0 Å². The van der Waals surface area contributed by atoms with Crippen LogP contribution in [0.4, 0.5) is 0 Å². The van der Waals surface area contributed by atoms with Gasteiger partial charge in [-0.1, -0.05) is 6.07 Å². The van der Waals surface area contributed by atoms with Gasteiger partial charge in [-0.25, -0.2) is 0 Å². The molecule has 6 heteroatoms. The van der Waals surface area contributed by atoms with Gasteiger partial charge in [0, 0.05) is 18.8 Å². The fraction of sp³-hybridized carbons (Fsp3) is 0.300. The quantitative estimate of drug-likeness (QED) is 0.592. The number of thiol groups is 1. The van der Waals surface area contributed by atoms with Gasteiger partial charge in [0.1, 0.15) is 6.04 Å². The van der Waals surface area contributed by atoms with Crippen LogP contribution in [-0.2, 0) is 16.0 Å². The van der Waals surface area contributed by atoms with E-state index < -0.39 is 17.2 Å². The second kappa shape index (κ2) is 5.62. The van der Waals surface area contributed by atoms with Crippen molar-refractivity contribution in [2.45, 2.75) is 17.7 Å². The maximum Gasteiger partial charge on any atom is 0.235 e. The van der Waals surface area contributed by atoms with Crippen molar-refractivity contribution >= 4 is 24.3 Å². The van der Waals surface area contributed by atoms with Gasteiger partial charge in [0.2, 0.25) is 5.91 Å². The number of primary amides is 1. The molecule has 0 spiro atoms. The van der Waals surface area contributed by atoms with Crippen LogP contribution in [0.25, 0.3) is 0 Å². The Morgan fingerprint density at radius 1 is 1.50 bits per heavy atom. The van der Waals surface area contributed by atoms with Gasteiger partial charge in [0.25, 0.3) is 0 Å². The van der Waals surface area contributed by atoms with E-state index in [1.807, 2.05) is 0 Å². The number of nitrogens with zero attached hydrogens (tertiary/aromatic N) is 1. The second-order valence-corrected chi connectivity index (χ2v) is 3.93. The minimum Gasteiger partial charge on any atom is -0.368 e. The van der Waals surface area contributed by atoms with E-state index in [0.717, 1.165) is 5.56 Å². The highest BCUT2D eigenvalue weighted by Crippen LogP contribution is 2.07. The lowest BCUT2D eigenvalue weighted by molar-refractivity contribution is -0.124. The van der Waals surface area contributed by atoms with E-state index in [0.29, 0.717) is 0 Å². The Kier molecular flexibility index (Phi) is 4.45. The SMILES string of the molecule is NC(=O)[C@@H](N)C(S)C(=O)Cc1cccnc1. The van der Waals surface area contributed by atoms with E-state index in [9.17, 15) is 9.59 Å². The lowest BCUT2D eigenvalue weighted by Gasteiger charge is -2.14. The highest BCUT2D eigenvalue weighted by Gasteiger charge is 2.25. The first-order valence-corrected chi connectivity index (χ1v) is 5.18. The summed E-state index contributed by atoms with van der Waals surface area (Å²) in [5.41, 5.74) is 11.2. The number of rotatable bonds is 5. The maximum atomic E-state index is 11.7. The van der Waals surface area contributed by atoms with Gasteiger partial charge >= 0.3 is 0 Å². The lowest BCUT2D eigenvalue weighted by Crippen LogP contribution is -2.47. The molecular formula is C10H13N3O2S. The van der Waals surface area contributed by atoms with E-state index in [1.54, 1.807) is 24.5 Å². The maximum absolute atomic E-state index is 11.7. The molecule has 0 aliphatic rings. The van der Waals surface area contributed by atoms with Gasteiger partial charge in [-0.3, -0.25) is 14.6 Å². The highest BCUT2D eigenvalue weighted by molar-refractivity contribution is 7.82. The standard InChI is InChI=1S/C10H13N3O2S/c11-8(10(12)15)9(16)7(14)4-6-2-1-3-13-5-6/h1-3,5,8-9,16H,4,11H2,(H2,12,15)/t8-,9?/m0/s1. The Bertz CT molecular complexity index is 383. The van der Waals surface area contributed by atoms with Crippen LogP contribution in [0.15, 0.2) is 24.5 Å². The molecule has 0 aliphatic carbocycles. The van der Waals surface area contributed by atoms with Gasteiger partial charge < -0.3 is 11.5 Å². The molecule has 0 radical (unpaired) electrons. The summed E-state index contributed by atoms with van der Waals surface area (Å²) in [4.78, 5) is 26.3. The predicted molar refractivity (Wildman–Crippen MR) is 62.9 cm³/mol. The molecule has 1 rings (SSSR count). The number of Topliss-reactive ketones (excluding diaryl/α,β-unsaturated/α-hetero) is 1. The topological polar surface area (TPSA) is 99.1 Å². The van der Waals surface area contributed by atoms with Crippen molar-refractivity contribution in [2.24, 2.45) is 11.5 Å². The van der Waals surface area contributed by atoms with Crippen LogP contribution >= 0.6 is 12.6 Å². The van der Waals surface area contributed by atoms with Crippen LogP contribution in [0.2, 0.25) is 0 Å². The number of carbonyl (C=O) groups excluding carboxylic acids is 2. The average Bonchev–Trinajstić information content (AvgIpc) is 2.28. The third kappa shape index (κ3) is 3.32. The predicted octanol–water partition coefficient (Wildman–Crippen LogP) is -0.696. The smallest absolute Gasteiger partial charge is 0.235 e. The lowest BCUT2D eigenvalue weighted by atomic mass is 10.0. The van der Waals surface area contributed by atoms with Gasteiger partial charge in [-0.05, 0) is 11.6 Å². The number of carbonyl (C=O) groups is 2. The average molecular weight is 239 g/mol. The molecule has 1 heterocycles. The molecule has 1 unspecified atom stereocenters. The summed E-state index contributed by atoms with van der Waals surface area (Å²) in [5.74, 6) is -0.984. The fourth-order valence-electron chi connectivity index (χ4n) is 1.16. The number of hydrogen-bond donors (Lipinski definition) is 3. The molecule has 16 heavy (non-hydrogen) atoms. The molecule has 1 aromatic heterocycles. The summed E-state index contributed by atoms with van der Waals surface area (Å²) in [6.45, 7) is 0. The summed E-state index contributed by atoms with van der Waals surface area (Å²) >= 11 is 3.99. The summed E-state index contributed by atoms with van der Waals surface area (Å²) in [6, 6.07) is 2.43. The molecule has 1 amide bonds. The van der Waals surface area contributed by atoms with Crippen molar-refractivity contribution in [1.29, 1.82) is 0 Å². The Hall–Kier alpha value is -1.40. The summed E-state index contributed by atoms with van der Waals surface area (Å²) in [7, 11) is 0. The van der Waals surface area contributed by atoms with Crippen LogP contribution in [0.3, 0.4) is 0 Å². The number of amides is 1. The zero-order chi connectivity index (χ0) is 12.1. The van der Waals surface area contributed by atoms with Crippen molar-refractivity contribution in [3.8, 4) is 0 Å². The largest absolute Gasteiger partial charge is 0.368 e. The van der Waals surface area contributed by atoms with Crippen LogP contribution < -0.4 is 11.5 Å². The molecule has 0 bridgehead atoms. The van der Waals surface area contributed by atoms with Crippen LogP contribution in [0, 0.1) is 0 Å². The number of ketones is 1. The molecule has 1 aromatic rings. The Morgan fingerprint density at radius 2 is 2.19 bits per heavy atom. The molecule has 0 aromatic carbocycles. The Labute approximate surface area is 98.6 Å². The van der Waals surface area contributed by atoms with E-state index in [4.69, 9.17) is 11.5 Å². The molecule has 0 fully saturated rings. The van der Waals surface area contributed by atoms with Crippen molar-refractivity contribution in [1.82, 2.24) is 4.98 Å². The molecular weight excluding hydrogens is 226 g/mol. The zero-order valence-electron chi connectivity index (χ0n) is 8.54. The molecule has 5 nitrogen and oxygen atoms in total. The molecule has 86 valence electrons. The first kappa shape index (κ1) is 12.7. The van der Waals surface area contributed by atoms with Crippen LogP contribution in [0.5, 0.6) is 0 Å². The number of aromatic nitrogens is 1. The molecule has 0 saturated heterocycles. The molecule has 4 N–H and O–H groups in total. The Morgan fingerprint density at radius 3 is 2.69 bits per heavy atom. The van der Waals surface area contributed by atoms with E-state index >= 15 is 0 Å². The first-order chi connectivity index (χ1) is 7.52. The third-order valence-corrected chi connectivity index (χ3v) is 2.71.